The van der Waals surface area contributed by atoms with Crippen molar-refractivity contribution in [3.63, 3.8) is 0 Å². The number of aromatic nitrogens is 2. The predicted octanol–water partition coefficient (Wildman–Crippen LogP) is 1.06. The second kappa shape index (κ2) is 3.42. The third kappa shape index (κ3) is 2.25. The van der Waals surface area contributed by atoms with Crippen molar-refractivity contribution in [2.75, 3.05) is 0 Å². The summed E-state index contributed by atoms with van der Waals surface area (Å²) in [7, 11) is 0. The second-order valence-corrected chi connectivity index (χ2v) is 3.87. The Labute approximate surface area is 78.4 Å². The van der Waals surface area contributed by atoms with Crippen LogP contribution in [0.25, 0.3) is 0 Å². The van der Waals surface area contributed by atoms with Gasteiger partial charge in [0, 0.05) is 12.5 Å². The van der Waals surface area contributed by atoms with E-state index < -0.39 is 0 Å². The molecule has 1 heterocycles. The first-order chi connectivity index (χ1) is 6.25. The number of rotatable bonds is 3. The molecule has 1 aliphatic rings. The van der Waals surface area contributed by atoms with E-state index >= 15 is 0 Å². The molecule has 0 bridgehead atoms. The molecule has 0 aliphatic heterocycles. The van der Waals surface area contributed by atoms with Crippen LogP contribution in [-0.4, -0.2) is 16.2 Å². The largest absolute Gasteiger partial charge is 0.327 e. The monoisotopic (exact) mass is 177 g/mol. The lowest BCUT2D eigenvalue weighted by Gasteiger charge is -2.08. The lowest BCUT2D eigenvalue weighted by molar-refractivity contribution is 0.579. The first kappa shape index (κ1) is 8.63. The van der Waals surface area contributed by atoms with E-state index in [1.54, 1.807) is 0 Å². The number of hydrogen-bond donors (Lipinski definition) is 1. The lowest BCUT2D eigenvalue weighted by Crippen LogP contribution is -2.25. The van der Waals surface area contributed by atoms with Crippen LogP contribution in [0, 0.1) is 12.8 Å². The topological polar surface area (TPSA) is 51.8 Å². The van der Waals surface area contributed by atoms with Gasteiger partial charge in [0.1, 0.15) is 0 Å². The van der Waals surface area contributed by atoms with Crippen molar-refractivity contribution in [3.05, 3.63) is 23.5 Å². The normalized spacial score (nSPS) is 18.6. The van der Waals surface area contributed by atoms with E-state index in [1.165, 1.54) is 12.8 Å². The van der Waals surface area contributed by atoms with Crippen molar-refractivity contribution >= 4 is 0 Å². The molecule has 1 aromatic rings. The molecule has 0 radical (unpaired) electrons. The Balaban J connectivity index is 1.96. The van der Waals surface area contributed by atoms with Crippen molar-refractivity contribution in [1.29, 1.82) is 0 Å². The highest BCUT2D eigenvalue weighted by Gasteiger charge is 2.28. The molecule has 3 nitrogen and oxygen atoms in total. The van der Waals surface area contributed by atoms with Gasteiger partial charge in [-0.15, -0.1) is 0 Å². The number of hydrogen-bond acceptors (Lipinski definition) is 3. The third-order valence-corrected chi connectivity index (χ3v) is 2.53. The van der Waals surface area contributed by atoms with Gasteiger partial charge in [0.15, 0.2) is 0 Å². The molecule has 2 rings (SSSR count). The Kier molecular flexibility index (Phi) is 2.27. The standard InChI is InChI=1S/C10H15N3/c1-7-2-5-9(13-12-7)6-10(11)8-3-4-8/h2,5,8,10H,3-4,6,11H2,1H3. The van der Waals surface area contributed by atoms with Gasteiger partial charge in [-0.3, -0.25) is 0 Å². The van der Waals surface area contributed by atoms with Crippen molar-refractivity contribution < 1.29 is 0 Å². The maximum Gasteiger partial charge on any atom is 0.0646 e. The average Bonchev–Trinajstić information content (AvgIpc) is 2.91. The third-order valence-electron chi connectivity index (χ3n) is 2.53. The van der Waals surface area contributed by atoms with Crippen molar-refractivity contribution in [2.24, 2.45) is 11.7 Å². The summed E-state index contributed by atoms with van der Waals surface area (Å²) < 4.78 is 0. The van der Waals surface area contributed by atoms with Gasteiger partial charge in [0.05, 0.1) is 11.4 Å². The van der Waals surface area contributed by atoms with E-state index in [0.717, 1.165) is 23.7 Å². The van der Waals surface area contributed by atoms with Crippen LogP contribution in [0.4, 0.5) is 0 Å². The first-order valence-electron chi connectivity index (χ1n) is 4.80. The summed E-state index contributed by atoms with van der Waals surface area (Å²) in [4.78, 5) is 0. The zero-order valence-electron chi connectivity index (χ0n) is 7.90. The predicted molar refractivity (Wildman–Crippen MR) is 51.2 cm³/mol. The highest BCUT2D eigenvalue weighted by molar-refractivity contribution is 5.07. The van der Waals surface area contributed by atoms with Gasteiger partial charge in [0.2, 0.25) is 0 Å². The van der Waals surface area contributed by atoms with Crippen LogP contribution >= 0.6 is 0 Å². The van der Waals surface area contributed by atoms with Gasteiger partial charge in [0.25, 0.3) is 0 Å². The van der Waals surface area contributed by atoms with Crippen LogP contribution in [-0.2, 0) is 6.42 Å². The molecule has 1 atom stereocenters. The molecule has 1 fully saturated rings. The fraction of sp³-hybridized carbons (Fsp3) is 0.600. The van der Waals surface area contributed by atoms with E-state index in [0.29, 0.717) is 0 Å². The molecule has 13 heavy (non-hydrogen) atoms. The summed E-state index contributed by atoms with van der Waals surface area (Å²) in [6.07, 6.45) is 3.46. The average molecular weight is 177 g/mol. The van der Waals surface area contributed by atoms with Crippen LogP contribution in [0.2, 0.25) is 0 Å². The van der Waals surface area contributed by atoms with E-state index in [-0.39, 0.29) is 6.04 Å². The molecule has 0 saturated heterocycles. The molecule has 1 aliphatic carbocycles. The molecule has 1 saturated carbocycles. The summed E-state index contributed by atoms with van der Waals surface area (Å²) in [6.45, 7) is 1.94. The molecule has 1 aromatic heterocycles. The minimum absolute atomic E-state index is 0.289. The number of nitrogens with two attached hydrogens (primary N) is 1. The van der Waals surface area contributed by atoms with Gasteiger partial charge < -0.3 is 5.73 Å². The highest BCUT2D eigenvalue weighted by atomic mass is 15.1. The smallest absolute Gasteiger partial charge is 0.0646 e. The molecule has 0 spiro atoms. The van der Waals surface area contributed by atoms with Crippen LogP contribution in [0.3, 0.4) is 0 Å². The molecular weight excluding hydrogens is 162 g/mol. The van der Waals surface area contributed by atoms with E-state index in [9.17, 15) is 0 Å². The van der Waals surface area contributed by atoms with Gasteiger partial charge >= 0.3 is 0 Å². The number of aryl methyl sites for hydroxylation is 1. The fourth-order valence-corrected chi connectivity index (χ4v) is 1.47. The Morgan fingerprint density at radius 3 is 2.77 bits per heavy atom. The van der Waals surface area contributed by atoms with E-state index in [4.69, 9.17) is 5.73 Å². The minimum Gasteiger partial charge on any atom is -0.327 e. The Morgan fingerprint density at radius 1 is 1.46 bits per heavy atom. The molecule has 3 heteroatoms. The lowest BCUT2D eigenvalue weighted by atomic mass is 10.1. The first-order valence-corrected chi connectivity index (χ1v) is 4.80. The van der Waals surface area contributed by atoms with Gasteiger partial charge in [-0.1, -0.05) is 0 Å². The SMILES string of the molecule is Cc1ccc(CC(N)C2CC2)nn1. The van der Waals surface area contributed by atoms with Gasteiger partial charge in [-0.05, 0) is 37.8 Å². The van der Waals surface area contributed by atoms with Crippen LogP contribution in [0.5, 0.6) is 0 Å². The van der Waals surface area contributed by atoms with Crippen molar-refractivity contribution in [1.82, 2.24) is 10.2 Å². The Bertz CT molecular complexity index is 277. The minimum atomic E-state index is 0.289. The van der Waals surface area contributed by atoms with Gasteiger partial charge in [-0.2, -0.15) is 10.2 Å². The maximum atomic E-state index is 5.98. The van der Waals surface area contributed by atoms with E-state index in [2.05, 4.69) is 10.2 Å². The van der Waals surface area contributed by atoms with E-state index in [1.807, 2.05) is 19.1 Å². The molecule has 1 unspecified atom stereocenters. The molecular formula is C10H15N3. The summed E-state index contributed by atoms with van der Waals surface area (Å²) in [5, 5.41) is 8.10. The quantitative estimate of drug-likeness (QED) is 0.751. The second-order valence-electron chi connectivity index (χ2n) is 3.87. The number of nitrogens with zero attached hydrogens (tertiary/aromatic N) is 2. The summed E-state index contributed by atoms with van der Waals surface area (Å²) in [5.41, 5.74) is 7.96. The summed E-state index contributed by atoms with van der Waals surface area (Å²) >= 11 is 0. The Hall–Kier alpha value is -0.960. The van der Waals surface area contributed by atoms with Gasteiger partial charge in [-0.25, -0.2) is 0 Å². The molecule has 0 amide bonds. The van der Waals surface area contributed by atoms with Crippen LogP contribution in [0.1, 0.15) is 24.2 Å². The molecule has 70 valence electrons. The summed E-state index contributed by atoms with van der Waals surface area (Å²) in [6, 6.07) is 4.30. The molecule has 2 N–H and O–H groups in total. The zero-order chi connectivity index (χ0) is 9.26. The Morgan fingerprint density at radius 2 is 2.23 bits per heavy atom. The summed E-state index contributed by atoms with van der Waals surface area (Å²) in [5.74, 6) is 0.739. The van der Waals surface area contributed by atoms with Crippen LogP contribution < -0.4 is 5.73 Å². The molecule has 0 aromatic carbocycles. The van der Waals surface area contributed by atoms with Crippen LogP contribution in [0.15, 0.2) is 12.1 Å². The maximum absolute atomic E-state index is 5.98. The zero-order valence-corrected chi connectivity index (χ0v) is 7.90. The van der Waals surface area contributed by atoms with Crippen molar-refractivity contribution in [3.8, 4) is 0 Å². The highest BCUT2D eigenvalue weighted by Crippen LogP contribution is 2.32. The fourth-order valence-electron chi connectivity index (χ4n) is 1.47. The van der Waals surface area contributed by atoms with Crippen molar-refractivity contribution in [2.45, 2.75) is 32.2 Å².